The van der Waals surface area contributed by atoms with Gasteiger partial charge in [-0.3, -0.25) is 21.1 Å². The third-order valence-electron chi connectivity index (χ3n) is 1.70. The minimum Gasteiger partial charge on any atom is -0.762 e. The summed E-state index contributed by atoms with van der Waals surface area (Å²) in [6.45, 7) is 2.86. The van der Waals surface area contributed by atoms with E-state index >= 15 is 0 Å². The lowest BCUT2D eigenvalue weighted by Crippen LogP contribution is -2.27. The van der Waals surface area contributed by atoms with E-state index in [1.165, 1.54) is 0 Å². The highest BCUT2D eigenvalue weighted by atomic mass is 16.9. The molecular formula is C9H17N3O5-2. The summed E-state index contributed by atoms with van der Waals surface area (Å²) in [4.78, 5) is 4.74. The topological polar surface area (TPSA) is 114 Å². The van der Waals surface area contributed by atoms with Crippen LogP contribution in [0, 0.1) is 10.4 Å². The van der Waals surface area contributed by atoms with Gasteiger partial charge in [0.1, 0.15) is 0 Å². The lowest BCUT2D eigenvalue weighted by molar-refractivity contribution is -0.130. The van der Waals surface area contributed by atoms with Gasteiger partial charge in [0.15, 0.2) is 0 Å². The fraction of sp³-hybridized carbons (Fsp3) is 0.556. The van der Waals surface area contributed by atoms with Crippen LogP contribution in [0.3, 0.4) is 0 Å². The van der Waals surface area contributed by atoms with Crippen LogP contribution in [0.2, 0.25) is 0 Å². The van der Waals surface area contributed by atoms with Crippen LogP contribution in [-0.4, -0.2) is 40.6 Å². The Balaban J connectivity index is 3.86. The number of hydroxylamine groups is 5. The second-order valence-corrected chi connectivity index (χ2v) is 3.38. The van der Waals surface area contributed by atoms with Crippen molar-refractivity contribution in [2.75, 3.05) is 19.7 Å². The zero-order chi connectivity index (χ0) is 13.3. The van der Waals surface area contributed by atoms with Gasteiger partial charge in [0.25, 0.3) is 0 Å². The van der Waals surface area contributed by atoms with E-state index in [0.717, 1.165) is 5.57 Å². The summed E-state index contributed by atoms with van der Waals surface area (Å²) in [5.74, 6) is 0. The molecule has 0 unspecified atom stereocenters. The lowest BCUT2D eigenvalue weighted by Gasteiger charge is -2.30. The smallest absolute Gasteiger partial charge is 0.0884 e. The average Bonchev–Trinajstić information content (AvgIpc) is 2.30. The second kappa shape index (κ2) is 9.07. The number of allylic oxidation sites excluding steroid dienone is 3. The van der Waals surface area contributed by atoms with Gasteiger partial charge in [-0.25, -0.2) is 0 Å². The maximum atomic E-state index is 11.0. The van der Waals surface area contributed by atoms with Crippen LogP contribution in [0.5, 0.6) is 0 Å². The molecule has 8 heteroatoms. The van der Waals surface area contributed by atoms with Crippen LogP contribution >= 0.6 is 0 Å². The summed E-state index contributed by atoms with van der Waals surface area (Å²) in [5, 5.41) is 37.7. The van der Waals surface area contributed by atoms with Crippen LogP contribution in [0.15, 0.2) is 23.4 Å². The SMILES string of the molecule is C/C(=C\C=C(/C)NO)CON([O-])CCN([O-])O. The van der Waals surface area contributed by atoms with Crippen molar-refractivity contribution in [1.82, 2.24) is 15.9 Å². The maximum absolute atomic E-state index is 11.0. The predicted molar refractivity (Wildman–Crippen MR) is 60.3 cm³/mol. The van der Waals surface area contributed by atoms with E-state index in [9.17, 15) is 10.4 Å². The van der Waals surface area contributed by atoms with Crippen LogP contribution in [0.1, 0.15) is 13.8 Å². The normalized spacial score (nSPS) is 13.6. The molecule has 0 heterocycles. The average molecular weight is 247 g/mol. The first kappa shape index (κ1) is 16.0. The Bertz CT molecular complexity index is 267. The van der Waals surface area contributed by atoms with Crippen molar-refractivity contribution in [1.29, 1.82) is 0 Å². The van der Waals surface area contributed by atoms with Crippen LogP contribution in [0.4, 0.5) is 0 Å². The van der Waals surface area contributed by atoms with E-state index in [4.69, 9.17) is 15.3 Å². The zero-order valence-electron chi connectivity index (χ0n) is 9.79. The monoisotopic (exact) mass is 247 g/mol. The Morgan fingerprint density at radius 2 is 1.94 bits per heavy atom. The van der Waals surface area contributed by atoms with E-state index in [0.29, 0.717) is 5.70 Å². The summed E-state index contributed by atoms with van der Waals surface area (Å²) in [7, 11) is 0. The molecule has 0 aliphatic carbocycles. The maximum Gasteiger partial charge on any atom is 0.0884 e. The molecule has 17 heavy (non-hydrogen) atoms. The molecule has 0 radical (unpaired) electrons. The summed E-state index contributed by atoms with van der Waals surface area (Å²) in [6.07, 6.45) is 3.28. The highest BCUT2D eigenvalue weighted by Gasteiger charge is 1.94. The lowest BCUT2D eigenvalue weighted by atomic mass is 10.3. The van der Waals surface area contributed by atoms with Crippen molar-refractivity contribution < 1.29 is 15.3 Å². The molecule has 3 N–H and O–H groups in total. The van der Waals surface area contributed by atoms with Crippen molar-refractivity contribution in [2.24, 2.45) is 0 Å². The molecule has 0 aliphatic heterocycles. The molecule has 0 rings (SSSR count). The Kier molecular flexibility index (Phi) is 8.54. The molecule has 0 aromatic rings. The zero-order valence-corrected chi connectivity index (χ0v) is 9.79. The van der Waals surface area contributed by atoms with E-state index in [1.54, 1.807) is 26.0 Å². The van der Waals surface area contributed by atoms with Crippen LogP contribution in [-0.2, 0) is 4.84 Å². The van der Waals surface area contributed by atoms with Crippen LogP contribution in [0.25, 0.3) is 0 Å². The molecule has 0 amide bonds. The number of nitrogens with one attached hydrogen (secondary N) is 1. The Morgan fingerprint density at radius 3 is 2.47 bits per heavy atom. The second-order valence-electron chi connectivity index (χ2n) is 3.38. The highest BCUT2D eigenvalue weighted by Crippen LogP contribution is 1.98. The number of hydrogen-bond acceptors (Lipinski definition) is 8. The Labute approximate surface area is 99.4 Å². The third-order valence-corrected chi connectivity index (χ3v) is 1.70. The van der Waals surface area contributed by atoms with Gasteiger partial charge in [0.2, 0.25) is 0 Å². The number of hydrogen-bond donors (Lipinski definition) is 3. The number of rotatable bonds is 8. The van der Waals surface area contributed by atoms with Gasteiger partial charge < -0.3 is 20.5 Å². The Morgan fingerprint density at radius 1 is 1.29 bits per heavy atom. The van der Waals surface area contributed by atoms with Crippen molar-refractivity contribution in [3.8, 4) is 0 Å². The third kappa shape index (κ3) is 9.90. The van der Waals surface area contributed by atoms with Crippen molar-refractivity contribution in [2.45, 2.75) is 13.8 Å². The molecular weight excluding hydrogens is 230 g/mol. The molecule has 8 nitrogen and oxygen atoms in total. The van der Waals surface area contributed by atoms with Gasteiger partial charge in [-0.15, -0.1) is 0 Å². The van der Waals surface area contributed by atoms with E-state index in [1.807, 2.05) is 5.48 Å². The fourth-order valence-electron chi connectivity index (χ4n) is 0.758. The summed E-state index contributed by atoms with van der Waals surface area (Å²) >= 11 is 0. The molecule has 0 aromatic heterocycles. The molecule has 0 aliphatic rings. The van der Waals surface area contributed by atoms with Gasteiger partial charge in [0, 0.05) is 18.8 Å². The summed E-state index contributed by atoms with van der Waals surface area (Å²) < 4.78 is 0. The first-order valence-corrected chi connectivity index (χ1v) is 4.91. The van der Waals surface area contributed by atoms with Crippen LogP contribution < -0.4 is 5.48 Å². The van der Waals surface area contributed by atoms with E-state index < -0.39 is 0 Å². The van der Waals surface area contributed by atoms with Gasteiger partial charge >= 0.3 is 0 Å². The van der Waals surface area contributed by atoms with Gasteiger partial charge in [-0.2, -0.15) is 0 Å². The molecule has 0 aromatic carbocycles. The summed E-state index contributed by atoms with van der Waals surface area (Å²) in [6, 6.07) is 0. The quantitative estimate of drug-likeness (QED) is 0.425. The van der Waals surface area contributed by atoms with Crippen molar-refractivity contribution in [3.05, 3.63) is 33.8 Å². The van der Waals surface area contributed by atoms with E-state index in [2.05, 4.69) is 0 Å². The Hall–Kier alpha value is -1.00. The first-order valence-electron chi connectivity index (χ1n) is 4.91. The molecule has 0 bridgehead atoms. The van der Waals surface area contributed by atoms with Gasteiger partial charge in [-0.1, -0.05) is 6.08 Å². The standard InChI is InChI=1S/C9H17N3O5/c1-8(3-4-9(2)10-13)7-17-12(16)6-5-11(14)15/h3-4,10,13-14H,5-7H2,1-2H3/q-2/b8-3+,9-4+. The van der Waals surface area contributed by atoms with E-state index in [-0.39, 0.29) is 30.1 Å². The van der Waals surface area contributed by atoms with Crippen molar-refractivity contribution in [3.63, 3.8) is 0 Å². The van der Waals surface area contributed by atoms with Gasteiger partial charge in [0.05, 0.1) is 6.61 Å². The highest BCUT2D eigenvalue weighted by molar-refractivity contribution is 5.13. The first-order chi connectivity index (χ1) is 7.95. The molecule has 0 spiro atoms. The molecule has 100 valence electrons. The molecule has 0 saturated carbocycles. The largest absolute Gasteiger partial charge is 0.762 e. The minimum absolute atomic E-state index is 0.0585. The number of nitrogens with zero attached hydrogens (tertiary/aromatic N) is 2. The van der Waals surface area contributed by atoms with Gasteiger partial charge in [-0.05, 0) is 25.5 Å². The summed E-state index contributed by atoms with van der Waals surface area (Å²) in [5.41, 5.74) is 3.25. The molecule has 0 saturated heterocycles. The van der Waals surface area contributed by atoms with Crippen molar-refractivity contribution >= 4 is 0 Å². The molecule has 0 atom stereocenters. The molecule has 0 fully saturated rings. The predicted octanol–water partition coefficient (Wildman–Crippen LogP) is 0.736. The minimum atomic E-state index is -0.348. The fourth-order valence-corrected chi connectivity index (χ4v) is 0.758.